The van der Waals surface area contributed by atoms with Crippen molar-refractivity contribution < 1.29 is 8.78 Å². The number of nitrogens with zero attached hydrogens (tertiary/aromatic N) is 1. The normalized spacial score (nSPS) is 10.2. The van der Waals surface area contributed by atoms with Crippen LogP contribution in [0.4, 0.5) is 26.1 Å². The third-order valence-corrected chi connectivity index (χ3v) is 2.78. The summed E-state index contributed by atoms with van der Waals surface area (Å²) in [6, 6.07) is 7.02. The fraction of sp³-hybridized carbons (Fsp3) is 0. The number of benzene rings is 1. The number of hydrogen-bond acceptors (Lipinski definition) is 4. The van der Waals surface area contributed by atoms with Crippen molar-refractivity contribution in [2.75, 3.05) is 10.7 Å². The fourth-order valence-corrected chi connectivity index (χ4v) is 1.66. The van der Waals surface area contributed by atoms with E-state index in [9.17, 15) is 8.78 Å². The van der Waals surface area contributed by atoms with Gasteiger partial charge in [0.15, 0.2) is 0 Å². The van der Waals surface area contributed by atoms with Crippen LogP contribution in [0.2, 0.25) is 0 Å². The minimum atomic E-state index is -0.587. The lowest BCUT2D eigenvalue weighted by Gasteiger charge is -2.09. The summed E-state index contributed by atoms with van der Waals surface area (Å²) >= 11 is 2.90. The lowest BCUT2D eigenvalue weighted by Crippen LogP contribution is -2.09. The van der Waals surface area contributed by atoms with Crippen LogP contribution in [0.3, 0.4) is 0 Å². The molecule has 0 aliphatic heterocycles. The molecular formula is C11H9BrF2N4. The highest BCUT2D eigenvalue weighted by atomic mass is 79.9. The third kappa shape index (κ3) is 2.74. The first kappa shape index (κ1) is 12.7. The van der Waals surface area contributed by atoms with Crippen molar-refractivity contribution in [2.24, 2.45) is 5.84 Å². The van der Waals surface area contributed by atoms with E-state index < -0.39 is 11.6 Å². The van der Waals surface area contributed by atoms with Crippen LogP contribution in [0.5, 0.6) is 0 Å². The van der Waals surface area contributed by atoms with E-state index in [1.165, 1.54) is 0 Å². The number of pyridine rings is 1. The van der Waals surface area contributed by atoms with Gasteiger partial charge in [0.05, 0.1) is 10.2 Å². The molecule has 0 saturated heterocycles. The molecule has 0 unspecified atom stereocenters. The van der Waals surface area contributed by atoms with E-state index in [2.05, 4.69) is 31.7 Å². The van der Waals surface area contributed by atoms with Gasteiger partial charge in [0.25, 0.3) is 0 Å². The highest BCUT2D eigenvalue weighted by Gasteiger charge is 2.09. The average molecular weight is 315 g/mol. The molecule has 0 fully saturated rings. The molecule has 94 valence electrons. The molecule has 0 spiro atoms. The van der Waals surface area contributed by atoms with Gasteiger partial charge < -0.3 is 10.7 Å². The van der Waals surface area contributed by atoms with Crippen molar-refractivity contribution in [1.29, 1.82) is 0 Å². The summed E-state index contributed by atoms with van der Waals surface area (Å²) in [7, 11) is 0. The summed E-state index contributed by atoms with van der Waals surface area (Å²) in [4.78, 5) is 4.03. The van der Waals surface area contributed by atoms with E-state index >= 15 is 0 Å². The summed E-state index contributed by atoms with van der Waals surface area (Å²) < 4.78 is 26.9. The molecule has 1 aromatic carbocycles. The lowest BCUT2D eigenvalue weighted by molar-refractivity contribution is 0.598. The van der Waals surface area contributed by atoms with Gasteiger partial charge in [-0.15, -0.1) is 0 Å². The highest BCUT2D eigenvalue weighted by molar-refractivity contribution is 9.10. The second-order valence-electron chi connectivity index (χ2n) is 3.42. The van der Waals surface area contributed by atoms with Gasteiger partial charge in [0.1, 0.15) is 23.3 Å². The SMILES string of the molecule is NNc1cccc(Nc2cc(F)c(Br)cc2F)n1. The average Bonchev–Trinajstić information content (AvgIpc) is 2.36. The molecule has 0 saturated carbocycles. The van der Waals surface area contributed by atoms with Crippen LogP contribution in [-0.4, -0.2) is 4.98 Å². The predicted molar refractivity (Wildman–Crippen MR) is 69.4 cm³/mol. The monoisotopic (exact) mass is 314 g/mol. The van der Waals surface area contributed by atoms with E-state index in [1.54, 1.807) is 18.2 Å². The number of rotatable bonds is 3. The minimum Gasteiger partial charge on any atom is -0.338 e. The zero-order valence-corrected chi connectivity index (χ0v) is 10.6. The third-order valence-electron chi connectivity index (χ3n) is 2.17. The van der Waals surface area contributed by atoms with Gasteiger partial charge in [-0.25, -0.2) is 19.6 Å². The van der Waals surface area contributed by atoms with Gasteiger partial charge in [-0.1, -0.05) is 6.07 Å². The molecule has 7 heteroatoms. The molecular weight excluding hydrogens is 306 g/mol. The molecule has 2 aromatic rings. The van der Waals surface area contributed by atoms with Crippen molar-refractivity contribution >= 4 is 33.3 Å². The topological polar surface area (TPSA) is 63.0 Å². The van der Waals surface area contributed by atoms with Crippen LogP contribution in [0.25, 0.3) is 0 Å². The van der Waals surface area contributed by atoms with Gasteiger partial charge in [-0.05, 0) is 34.1 Å². The second kappa shape index (κ2) is 5.28. The highest BCUT2D eigenvalue weighted by Crippen LogP contribution is 2.25. The maximum Gasteiger partial charge on any atom is 0.148 e. The Hall–Kier alpha value is -1.73. The number of anilines is 3. The Labute approximate surface area is 110 Å². The molecule has 0 bridgehead atoms. The molecule has 0 aliphatic carbocycles. The summed E-state index contributed by atoms with van der Waals surface area (Å²) in [6.07, 6.45) is 0. The number of aromatic nitrogens is 1. The van der Waals surface area contributed by atoms with Gasteiger partial charge in [0, 0.05) is 6.07 Å². The summed E-state index contributed by atoms with van der Waals surface area (Å²) in [6.45, 7) is 0. The second-order valence-corrected chi connectivity index (χ2v) is 4.28. The van der Waals surface area contributed by atoms with Crippen molar-refractivity contribution in [2.45, 2.75) is 0 Å². The van der Waals surface area contributed by atoms with Crippen molar-refractivity contribution in [3.05, 3.63) is 46.4 Å². The molecule has 1 aromatic heterocycles. The fourth-order valence-electron chi connectivity index (χ4n) is 1.34. The first-order valence-corrected chi connectivity index (χ1v) is 5.74. The minimum absolute atomic E-state index is 0.00243. The maximum atomic E-state index is 13.6. The van der Waals surface area contributed by atoms with Crippen LogP contribution >= 0.6 is 15.9 Å². The summed E-state index contributed by atoms with van der Waals surface area (Å²) in [5, 5.41) is 2.67. The molecule has 0 radical (unpaired) electrons. The number of hydrazine groups is 1. The van der Waals surface area contributed by atoms with Crippen molar-refractivity contribution in [3.8, 4) is 0 Å². The number of nitrogens with one attached hydrogen (secondary N) is 2. The first-order chi connectivity index (χ1) is 8.60. The van der Waals surface area contributed by atoms with Crippen LogP contribution in [0.1, 0.15) is 0 Å². The van der Waals surface area contributed by atoms with Crippen LogP contribution in [-0.2, 0) is 0 Å². The molecule has 0 aliphatic rings. The van der Waals surface area contributed by atoms with Crippen LogP contribution in [0, 0.1) is 11.6 Å². The Balaban J connectivity index is 2.30. The molecule has 0 amide bonds. The molecule has 4 nitrogen and oxygen atoms in total. The van der Waals surface area contributed by atoms with Gasteiger partial charge in [-0.2, -0.15) is 0 Å². The van der Waals surface area contributed by atoms with Gasteiger partial charge >= 0.3 is 0 Å². The van der Waals surface area contributed by atoms with Crippen LogP contribution < -0.4 is 16.6 Å². The smallest absolute Gasteiger partial charge is 0.148 e. The van der Waals surface area contributed by atoms with Crippen LogP contribution in [0.15, 0.2) is 34.8 Å². The number of nitrogen functional groups attached to an aromatic ring is 1. The van der Waals surface area contributed by atoms with E-state index in [-0.39, 0.29) is 10.2 Å². The quantitative estimate of drug-likeness (QED) is 0.462. The zero-order chi connectivity index (χ0) is 13.1. The number of hydrogen-bond donors (Lipinski definition) is 3. The van der Waals surface area contributed by atoms with Crippen molar-refractivity contribution in [3.63, 3.8) is 0 Å². The zero-order valence-electron chi connectivity index (χ0n) is 9.05. The van der Waals surface area contributed by atoms with Gasteiger partial charge in [-0.3, -0.25) is 0 Å². The molecule has 2 rings (SSSR count). The van der Waals surface area contributed by atoms with E-state index in [1.807, 2.05) is 0 Å². The summed E-state index contributed by atoms with van der Waals surface area (Å²) in [5.41, 5.74) is 2.36. The predicted octanol–water partition coefficient (Wildman–Crippen LogP) is 3.15. The maximum absolute atomic E-state index is 13.6. The van der Waals surface area contributed by atoms with Crippen molar-refractivity contribution in [1.82, 2.24) is 4.98 Å². The van der Waals surface area contributed by atoms with E-state index in [0.29, 0.717) is 11.6 Å². The molecule has 18 heavy (non-hydrogen) atoms. The molecule has 1 heterocycles. The Morgan fingerprint density at radius 1 is 1.11 bits per heavy atom. The van der Waals surface area contributed by atoms with E-state index in [4.69, 9.17) is 5.84 Å². The standard InChI is InChI=1S/C11H9BrF2N4/c12-6-4-8(14)9(5-7(6)13)16-10-2-1-3-11(17-10)18-15/h1-5H,15H2,(H2,16,17,18). The Morgan fingerprint density at radius 3 is 2.56 bits per heavy atom. The Morgan fingerprint density at radius 2 is 1.83 bits per heavy atom. The molecule has 0 atom stereocenters. The summed E-state index contributed by atoms with van der Waals surface area (Å²) in [5.74, 6) is 4.82. The van der Waals surface area contributed by atoms with E-state index in [0.717, 1.165) is 12.1 Å². The Kier molecular flexibility index (Phi) is 3.73. The Bertz CT molecular complexity index is 577. The molecule has 4 N–H and O–H groups in total. The lowest BCUT2D eigenvalue weighted by atomic mass is 10.3. The number of halogens is 3. The first-order valence-electron chi connectivity index (χ1n) is 4.95. The van der Waals surface area contributed by atoms with Gasteiger partial charge in [0.2, 0.25) is 0 Å². The number of nitrogens with two attached hydrogens (primary N) is 1. The largest absolute Gasteiger partial charge is 0.338 e.